The Morgan fingerprint density at radius 2 is 2.32 bits per heavy atom. The normalized spacial score (nSPS) is 16.6. The summed E-state index contributed by atoms with van der Waals surface area (Å²) < 4.78 is 24.4. The molecular weight excluding hydrogens is 285 g/mol. The molecule has 1 aromatic heterocycles. The van der Waals surface area contributed by atoms with Crippen LogP contribution >= 0.6 is 0 Å². The number of benzene rings is 1. The molecule has 2 heterocycles. The molecule has 0 saturated carbocycles. The van der Waals surface area contributed by atoms with E-state index in [1.54, 1.807) is 14.2 Å². The van der Waals surface area contributed by atoms with E-state index >= 15 is 0 Å². The van der Waals surface area contributed by atoms with Crippen LogP contribution < -0.4 is 14.8 Å². The highest BCUT2D eigenvalue weighted by Gasteiger charge is 2.22. The number of methoxy groups -OCH3 is 1. The van der Waals surface area contributed by atoms with E-state index in [-0.39, 0.29) is 11.7 Å². The highest BCUT2D eigenvalue weighted by molar-refractivity contribution is 5.42. The predicted octanol–water partition coefficient (Wildman–Crippen LogP) is 2.46. The Bertz CT molecular complexity index is 678. The largest absolute Gasteiger partial charge is 0.497 e. The van der Waals surface area contributed by atoms with Crippen molar-refractivity contribution in [2.75, 3.05) is 26.1 Å². The van der Waals surface area contributed by atoms with Crippen molar-refractivity contribution in [1.82, 2.24) is 9.97 Å². The molecule has 0 amide bonds. The smallest absolute Gasteiger partial charge is 0.183 e. The fourth-order valence-corrected chi connectivity index (χ4v) is 2.61. The zero-order valence-corrected chi connectivity index (χ0v) is 12.6. The topological polar surface area (TPSA) is 56.3 Å². The first-order chi connectivity index (χ1) is 10.7. The Labute approximate surface area is 128 Å². The molecule has 0 saturated heterocycles. The third-order valence-electron chi connectivity index (χ3n) is 3.76. The Balaban J connectivity index is 1.72. The van der Waals surface area contributed by atoms with Gasteiger partial charge in [-0.15, -0.1) is 0 Å². The van der Waals surface area contributed by atoms with Crippen LogP contribution in [0.1, 0.15) is 11.4 Å². The van der Waals surface area contributed by atoms with Crippen LogP contribution in [-0.2, 0) is 12.8 Å². The second-order valence-corrected chi connectivity index (χ2v) is 5.29. The van der Waals surface area contributed by atoms with E-state index in [1.165, 1.54) is 6.20 Å². The number of ether oxygens (including phenoxy) is 2. The minimum atomic E-state index is -0.441. The van der Waals surface area contributed by atoms with Crippen LogP contribution in [0.2, 0.25) is 0 Å². The fourth-order valence-electron chi connectivity index (χ4n) is 2.61. The van der Waals surface area contributed by atoms with E-state index in [0.29, 0.717) is 18.9 Å². The van der Waals surface area contributed by atoms with Crippen LogP contribution in [0.15, 0.2) is 24.4 Å². The Morgan fingerprint density at radius 1 is 1.45 bits per heavy atom. The minimum Gasteiger partial charge on any atom is -0.497 e. The first-order valence-corrected chi connectivity index (χ1v) is 7.18. The molecule has 116 valence electrons. The summed E-state index contributed by atoms with van der Waals surface area (Å²) >= 11 is 0. The molecule has 1 aliphatic rings. The molecule has 3 rings (SSSR count). The van der Waals surface area contributed by atoms with Crippen molar-refractivity contribution in [2.45, 2.75) is 12.8 Å². The highest BCUT2D eigenvalue weighted by Crippen LogP contribution is 2.31. The predicted molar refractivity (Wildman–Crippen MR) is 80.9 cm³/mol. The number of hydrogen-bond acceptors (Lipinski definition) is 5. The first kappa shape index (κ1) is 14.6. The summed E-state index contributed by atoms with van der Waals surface area (Å²) in [5.74, 6) is 2.34. The van der Waals surface area contributed by atoms with Gasteiger partial charge in [-0.25, -0.2) is 14.4 Å². The van der Waals surface area contributed by atoms with Gasteiger partial charge >= 0.3 is 0 Å². The van der Waals surface area contributed by atoms with Gasteiger partial charge in [0, 0.05) is 25.5 Å². The van der Waals surface area contributed by atoms with Crippen molar-refractivity contribution in [3.05, 3.63) is 41.6 Å². The lowest BCUT2D eigenvalue weighted by Crippen LogP contribution is -2.23. The van der Waals surface area contributed by atoms with Crippen molar-refractivity contribution in [3.63, 3.8) is 0 Å². The lowest BCUT2D eigenvalue weighted by atomic mass is 9.93. The van der Waals surface area contributed by atoms with Crippen LogP contribution in [0.25, 0.3) is 0 Å². The van der Waals surface area contributed by atoms with E-state index in [1.807, 2.05) is 18.2 Å². The number of fused-ring (bicyclic) bond motifs is 1. The van der Waals surface area contributed by atoms with Crippen LogP contribution in [-0.4, -0.2) is 30.7 Å². The van der Waals surface area contributed by atoms with Gasteiger partial charge in [0.1, 0.15) is 17.3 Å². The number of halogens is 1. The maximum atomic E-state index is 13.4. The molecule has 0 bridgehead atoms. The molecule has 0 radical (unpaired) electrons. The summed E-state index contributed by atoms with van der Waals surface area (Å²) in [4.78, 5) is 8.26. The van der Waals surface area contributed by atoms with E-state index in [4.69, 9.17) is 9.47 Å². The van der Waals surface area contributed by atoms with E-state index in [9.17, 15) is 4.39 Å². The van der Waals surface area contributed by atoms with Crippen molar-refractivity contribution in [2.24, 2.45) is 5.92 Å². The number of anilines is 1. The zero-order valence-electron chi connectivity index (χ0n) is 12.6. The van der Waals surface area contributed by atoms with Crippen LogP contribution in [0, 0.1) is 11.7 Å². The Hall–Kier alpha value is -2.37. The summed E-state index contributed by atoms with van der Waals surface area (Å²) in [6.45, 7) is 0.593. The van der Waals surface area contributed by atoms with Gasteiger partial charge in [0.05, 0.1) is 19.9 Å². The molecule has 1 aromatic carbocycles. The maximum absolute atomic E-state index is 13.4. The van der Waals surface area contributed by atoms with Gasteiger partial charge in [0.15, 0.2) is 11.6 Å². The van der Waals surface area contributed by atoms with E-state index in [0.717, 1.165) is 23.5 Å². The number of aromatic nitrogens is 2. The van der Waals surface area contributed by atoms with E-state index in [2.05, 4.69) is 15.3 Å². The average Bonchev–Trinajstić information content (AvgIpc) is 2.56. The van der Waals surface area contributed by atoms with Gasteiger partial charge < -0.3 is 14.8 Å². The summed E-state index contributed by atoms with van der Waals surface area (Å²) in [5.41, 5.74) is 1.15. The summed E-state index contributed by atoms with van der Waals surface area (Å²) in [7, 11) is 3.28. The van der Waals surface area contributed by atoms with Crippen LogP contribution in [0.3, 0.4) is 0 Å². The van der Waals surface area contributed by atoms with Gasteiger partial charge in [-0.2, -0.15) is 0 Å². The molecular formula is C16H18FN3O2. The molecule has 0 aliphatic carbocycles. The maximum Gasteiger partial charge on any atom is 0.183 e. The molecule has 1 N–H and O–H groups in total. The van der Waals surface area contributed by atoms with Crippen LogP contribution in [0.4, 0.5) is 10.2 Å². The summed E-state index contributed by atoms with van der Waals surface area (Å²) in [5, 5.41) is 2.73. The molecule has 22 heavy (non-hydrogen) atoms. The van der Waals surface area contributed by atoms with Crippen LogP contribution in [0.5, 0.6) is 11.5 Å². The Morgan fingerprint density at radius 3 is 3.09 bits per heavy atom. The van der Waals surface area contributed by atoms with Gasteiger partial charge in [-0.05, 0) is 18.1 Å². The third-order valence-corrected chi connectivity index (χ3v) is 3.76. The molecule has 0 unspecified atom stereocenters. The average molecular weight is 303 g/mol. The van der Waals surface area contributed by atoms with Gasteiger partial charge in [-0.3, -0.25) is 0 Å². The van der Waals surface area contributed by atoms with Crippen molar-refractivity contribution < 1.29 is 13.9 Å². The lowest BCUT2D eigenvalue weighted by molar-refractivity contribution is 0.218. The molecule has 5 nitrogen and oxygen atoms in total. The number of nitrogens with one attached hydrogen (secondary N) is 1. The third kappa shape index (κ3) is 2.95. The van der Waals surface area contributed by atoms with Gasteiger partial charge in [-0.1, -0.05) is 6.07 Å². The van der Waals surface area contributed by atoms with Crippen molar-refractivity contribution >= 4 is 5.82 Å². The number of nitrogens with zero attached hydrogens (tertiary/aromatic N) is 2. The first-order valence-electron chi connectivity index (χ1n) is 7.18. The lowest BCUT2D eigenvalue weighted by Gasteiger charge is -2.25. The summed E-state index contributed by atoms with van der Waals surface area (Å²) in [6, 6.07) is 5.85. The second-order valence-electron chi connectivity index (χ2n) is 5.29. The molecule has 1 atom stereocenters. The quantitative estimate of drug-likeness (QED) is 0.940. The second kappa shape index (κ2) is 6.17. The fraction of sp³-hybridized carbons (Fsp3) is 0.375. The molecule has 2 aromatic rings. The monoisotopic (exact) mass is 303 g/mol. The minimum absolute atomic E-state index is 0.229. The van der Waals surface area contributed by atoms with Crippen molar-refractivity contribution in [3.8, 4) is 11.5 Å². The summed E-state index contributed by atoms with van der Waals surface area (Å²) in [6.07, 6.45) is 2.74. The van der Waals surface area contributed by atoms with Crippen molar-refractivity contribution in [1.29, 1.82) is 0 Å². The highest BCUT2D eigenvalue weighted by atomic mass is 19.1. The molecule has 0 spiro atoms. The molecule has 1 aliphatic heterocycles. The zero-order chi connectivity index (χ0) is 15.5. The SMILES string of the molecule is CNc1nc(C[C@H]2COc3cc(OC)ccc3C2)ncc1F. The molecule has 6 heteroatoms. The Kier molecular flexibility index (Phi) is 4.09. The standard InChI is InChI=1S/C16H18FN3O2/c1-18-16-13(17)8-19-15(20-16)6-10-5-11-3-4-12(21-2)7-14(11)22-9-10/h3-4,7-8,10H,5-6,9H2,1-2H3,(H,18,19,20)/t10-/m0/s1. The van der Waals surface area contributed by atoms with Gasteiger partial charge in [0.2, 0.25) is 0 Å². The van der Waals surface area contributed by atoms with E-state index < -0.39 is 5.82 Å². The number of hydrogen-bond donors (Lipinski definition) is 1. The van der Waals surface area contributed by atoms with Gasteiger partial charge in [0.25, 0.3) is 0 Å². The molecule has 0 fully saturated rings. The number of rotatable bonds is 4.